The zero-order chi connectivity index (χ0) is 19.1. The van der Waals surface area contributed by atoms with Gasteiger partial charge < -0.3 is 10.1 Å². The fraction of sp³-hybridized carbons (Fsp3) is 0.316. The van der Waals surface area contributed by atoms with Crippen molar-refractivity contribution in [2.24, 2.45) is 0 Å². The standard InChI is InChI=1S/C19H21N3O4S/c23-19(14-26-18-7-2-1-6-17(18)22(24)25)20-16-5-3-4-15(12-16)13-21-8-10-27-11-9-21/h1-7,12H,8-11,13-14H2,(H,20,23). The number of carbonyl (C=O) groups is 1. The first-order valence-electron chi connectivity index (χ1n) is 8.67. The van der Waals surface area contributed by atoms with Crippen LogP contribution in [0, 0.1) is 10.1 Å². The zero-order valence-electron chi connectivity index (χ0n) is 14.8. The van der Waals surface area contributed by atoms with Crippen LogP contribution in [-0.4, -0.2) is 46.9 Å². The molecule has 0 aromatic heterocycles. The van der Waals surface area contributed by atoms with Gasteiger partial charge >= 0.3 is 5.69 Å². The van der Waals surface area contributed by atoms with Gasteiger partial charge in [-0.1, -0.05) is 24.3 Å². The van der Waals surface area contributed by atoms with Crippen molar-refractivity contribution in [3.63, 3.8) is 0 Å². The summed E-state index contributed by atoms with van der Waals surface area (Å²) in [6, 6.07) is 13.7. The van der Waals surface area contributed by atoms with E-state index in [1.807, 2.05) is 36.0 Å². The number of amides is 1. The molecule has 142 valence electrons. The normalized spacial score (nSPS) is 14.5. The molecular weight excluding hydrogens is 366 g/mol. The monoisotopic (exact) mass is 387 g/mol. The van der Waals surface area contributed by atoms with Crippen LogP contribution in [0.2, 0.25) is 0 Å². The number of nitro benzene ring substituents is 1. The lowest BCUT2D eigenvalue weighted by molar-refractivity contribution is -0.385. The third-order valence-electron chi connectivity index (χ3n) is 4.14. The first kappa shape index (κ1) is 19.2. The lowest BCUT2D eigenvalue weighted by Crippen LogP contribution is -2.32. The lowest BCUT2D eigenvalue weighted by Gasteiger charge is -2.26. The molecule has 8 heteroatoms. The van der Waals surface area contributed by atoms with Gasteiger partial charge in [-0.3, -0.25) is 19.8 Å². The molecule has 0 unspecified atom stereocenters. The number of hydrogen-bond acceptors (Lipinski definition) is 6. The number of carbonyl (C=O) groups excluding carboxylic acids is 1. The Labute approximate surface area is 161 Å². The maximum Gasteiger partial charge on any atom is 0.310 e. The molecule has 1 heterocycles. The number of para-hydroxylation sites is 2. The largest absolute Gasteiger partial charge is 0.477 e. The van der Waals surface area contributed by atoms with Crippen molar-refractivity contribution in [2.75, 3.05) is 36.5 Å². The smallest absolute Gasteiger partial charge is 0.310 e. The van der Waals surface area contributed by atoms with Crippen molar-refractivity contribution in [1.82, 2.24) is 4.90 Å². The number of anilines is 1. The summed E-state index contributed by atoms with van der Waals surface area (Å²) in [4.78, 5) is 25.0. The van der Waals surface area contributed by atoms with E-state index in [4.69, 9.17) is 4.74 Å². The Morgan fingerprint density at radius 2 is 1.96 bits per heavy atom. The summed E-state index contributed by atoms with van der Waals surface area (Å²) in [5.41, 5.74) is 1.67. The van der Waals surface area contributed by atoms with Gasteiger partial charge in [0.1, 0.15) is 0 Å². The first-order valence-corrected chi connectivity index (χ1v) is 9.82. The van der Waals surface area contributed by atoms with Crippen LogP contribution < -0.4 is 10.1 Å². The first-order chi connectivity index (χ1) is 13.1. The molecule has 7 nitrogen and oxygen atoms in total. The van der Waals surface area contributed by atoms with Crippen molar-refractivity contribution in [2.45, 2.75) is 6.54 Å². The molecule has 27 heavy (non-hydrogen) atoms. The average Bonchev–Trinajstić information content (AvgIpc) is 2.67. The van der Waals surface area contributed by atoms with Gasteiger partial charge in [0.25, 0.3) is 5.91 Å². The van der Waals surface area contributed by atoms with Crippen LogP contribution in [0.5, 0.6) is 5.75 Å². The zero-order valence-corrected chi connectivity index (χ0v) is 15.6. The Hall–Kier alpha value is -2.58. The summed E-state index contributed by atoms with van der Waals surface area (Å²) in [6.07, 6.45) is 0. The van der Waals surface area contributed by atoms with Gasteiger partial charge in [0.15, 0.2) is 12.4 Å². The number of benzene rings is 2. The molecule has 1 aliphatic heterocycles. The summed E-state index contributed by atoms with van der Waals surface area (Å²) in [5, 5.41) is 13.8. The van der Waals surface area contributed by atoms with Gasteiger partial charge in [-0.05, 0) is 23.8 Å². The van der Waals surface area contributed by atoms with Crippen LogP contribution in [0.4, 0.5) is 11.4 Å². The minimum atomic E-state index is -0.532. The van der Waals surface area contributed by atoms with Crippen LogP contribution >= 0.6 is 11.8 Å². The van der Waals surface area contributed by atoms with Gasteiger partial charge in [0.2, 0.25) is 0 Å². The maximum absolute atomic E-state index is 12.1. The molecule has 0 aliphatic carbocycles. The Balaban J connectivity index is 1.55. The highest BCUT2D eigenvalue weighted by molar-refractivity contribution is 7.99. The lowest BCUT2D eigenvalue weighted by atomic mass is 10.2. The second-order valence-electron chi connectivity index (χ2n) is 6.15. The molecule has 1 N–H and O–H groups in total. The fourth-order valence-electron chi connectivity index (χ4n) is 2.84. The van der Waals surface area contributed by atoms with Gasteiger partial charge in [0.05, 0.1) is 4.92 Å². The number of ether oxygens (including phenoxy) is 1. The van der Waals surface area contributed by atoms with Gasteiger partial charge in [0, 0.05) is 42.9 Å². The second kappa shape index (κ2) is 9.38. The number of thioether (sulfide) groups is 1. The van der Waals surface area contributed by atoms with Gasteiger partial charge in [-0.25, -0.2) is 0 Å². The highest BCUT2D eigenvalue weighted by atomic mass is 32.2. The van der Waals surface area contributed by atoms with Crippen molar-refractivity contribution in [3.05, 3.63) is 64.2 Å². The number of rotatable bonds is 7. The van der Waals surface area contributed by atoms with Crippen molar-refractivity contribution in [1.29, 1.82) is 0 Å². The van der Waals surface area contributed by atoms with Gasteiger partial charge in [-0.2, -0.15) is 11.8 Å². The summed E-state index contributed by atoms with van der Waals surface area (Å²) in [7, 11) is 0. The predicted molar refractivity (Wildman–Crippen MR) is 106 cm³/mol. The minimum Gasteiger partial charge on any atom is -0.477 e. The maximum atomic E-state index is 12.1. The molecule has 3 rings (SSSR count). The molecule has 0 spiro atoms. The Morgan fingerprint density at radius 1 is 1.19 bits per heavy atom. The third kappa shape index (κ3) is 5.70. The molecule has 0 bridgehead atoms. The molecule has 0 atom stereocenters. The third-order valence-corrected chi connectivity index (χ3v) is 5.08. The van der Waals surface area contributed by atoms with Crippen LogP contribution in [0.1, 0.15) is 5.56 Å². The highest BCUT2D eigenvalue weighted by Crippen LogP contribution is 2.25. The summed E-state index contributed by atoms with van der Waals surface area (Å²) < 4.78 is 5.32. The molecule has 1 amide bonds. The quantitative estimate of drug-likeness (QED) is 0.580. The van der Waals surface area contributed by atoms with Crippen LogP contribution in [0.15, 0.2) is 48.5 Å². The molecule has 0 radical (unpaired) electrons. The Kier molecular flexibility index (Phi) is 6.67. The van der Waals surface area contributed by atoms with E-state index in [0.717, 1.165) is 36.7 Å². The van der Waals surface area contributed by atoms with E-state index in [-0.39, 0.29) is 24.0 Å². The number of nitro groups is 1. The molecule has 1 saturated heterocycles. The highest BCUT2D eigenvalue weighted by Gasteiger charge is 2.15. The Bertz CT molecular complexity index is 809. The van der Waals surface area contributed by atoms with E-state index < -0.39 is 4.92 Å². The van der Waals surface area contributed by atoms with E-state index in [2.05, 4.69) is 10.2 Å². The number of nitrogens with zero attached hydrogens (tertiary/aromatic N) is 2. The van der Waals surface area contributed by atoms with Crippen LogP contribution in [0.25, 0.3) is 0 Å². The van der Waals surface area contributed by atoms with E-state index in [0.29, 0.717) is 5.69 Å². The molecule has 2 aromatic carbocycles. The van der Waals surface area contributed by atoms with E-state index in [1.165, 1.54) is 12.1 Å². The molecule has 0 saturated carbocycles. The summed E-state index contributed by atoms with van der Waals surface area (Å²) in [6.45, 7) is 2.71. The molecule has 1 aliphatic rings. The van der Waals surface area contributed by atoms with Crippen LogP contribution in [-0.2, 0) is 11.3 Å². The summed E-state index contributed by atoms with van der Waals surface area (Å²) in [5.74, 6) is 2.02. The predicted octanol–water partition coefficient (Wildman–Crippen LogP) is 3.16. The van der Waals surface area contributed by atoms with Gasteiger partial charge in [-0.15, -0.1) is 0 Å². The molecular formula is C19H21N3O4S. The summed E-state index contributed by atoms with van der Waals surface area (Å²) >= 11 is 1.97. The Morgan fingerprint density at radius 3 is 2.74 bits per heavy atom. The van der Waals surface area contributed by atoms with Crippen molar-refractivity contribution in [3.8, 4) is 5.75 Å². The van der Waals surface area contributed by atoms with E-state index in [1.54, 1.807) is 12.1 Å². The SMILES string of the molecule is O=C(COc1ccccc1[N+](=O)[O-])Nc1cccc(CN2CCSCC2)c1. The van der Waals surface area contributed by atoms with E-state index in [9.17, 15) is 14.9 Å². The minimum absolute atomic E-state index is 0.0781. The fourth-order valence-corrected chi connectivity index (χ4v) is 3.81. The van der Waals surface area contributed by atoms with Crippen molar-refractivity contribution >= 4 is 29.0 Å². The number of hydrogen-bond donors (Lipinski definition) is 1. The van der Waals surface area contributed by atoms with Crippen LogP contribution in [0.3, 0.4) is 0 Å². The average molecular weight is 387 g/mol. The van der Waals surface area contributed by atoms with Crippen molar-refractivity contribution < 1.29 is 14.5 Å². The topological polar surface area (TPSA) is 84.7 Å². The second-order valence-corrected chi connectivity index (χ2v) is 7.38. The molecule has 2 aromatic rings. The van der Waals surface area contributed by atoms with E-state index >= 15 is 0 Å². The number of nitrogens with one attached hydrogen (secondary N) is 1. The molecule has 1 fully saturated rings.